The Morgan fingerprint density at radius 1 is 1.22 bits per heavy atom. The van der Waals surface area contributed by atoms with E-state index >= 15 is 0 Å². The number of sulfonamides is 1. The van der Waals surface area contributed by atoms with E-state index in [0.29, 0.717) is 24.9 Å². The van der Waals surface area contributed by atoms with Crippen LogP contribution in [0.5, 0.6) is 0 Å². The molecule has 0 aromatic rings. The van der Waals surface area contributed by atoms with E-state index in [4.69, 9.17) is 0 Å². The Hall–Kier alpha value is -0.0900. The third kappa shape index (κ3) is 8.53. The fourth-order valence-electron chi connectivity index (χ4n) is 2.73. The van der Waals surface area contributed by atoms with Crippen molar-refractivity contribution in [2.24, 2.45) is 16.8 Å². The molecular formula is C15H33IN4O2S. The Kier molecular flexibility index (Phi) is 11.4. The van der Waals surface area contributed by atoms with Gasteiger partial charge in [-0.1, -0.05) is 26.7 Å². The minimum absolute atomic E-state index is 0. The maximum absolute atomic E-state index is 11.5. The molecule has 1 aliphatic heterocycles. The van der Waals surface area contributed by atoms with Gasteiger partial charge in [0.15, 0.2) is 5.96 Å². The van der Waals surface area contributed by atoms with E-state index in [-0.39, 0.29) is 24.0 Å². The normalized spacial score (nSPS) is 17.9. The molecule has 0 atom stereocenters. The van der Waals surface area contributed by atoms with Crippen molar-refractivity contribution >= 4 is 40.0 Å². The van der Waals surface area contributed by atoms with E-state index < -0.39 is 10.0 Å². The van der Waals surface area contributed by atoms with Crippen LogP contribution in [-0.2, 0) is 10.0 Å². The van der Waals surface area contributed by atoms with Crippen LogP contribution in [0.15, 0.2) is 4.99 Å². The first kappa shape index (κ1) is 22.9. The lowest BCUT2D eigenvalue weighted by Gasteiger charge is -2.30. The minimum Gasteiger partial charge on any atom is -0.356 e. The standard InChI is InChI=1S/C15H32N4O2S.HI/c1-5-13(6-2)11-17-15(16-3)18-12-14-7-9-19(10-8-14)22(4,20)21;/h13-14H,5-12H2,1-4H3,(H2,16,17,18);1H. The molecule has 6 nitrogen and oxygen atoms in total. The maximum Gasteiger partial charge on any atom is 0.211 e. The first-order valence-electron chi connectivity index (χ1n) is 8.30. The molecule has 0 aromatic heterocycles. The summed E-state index contributed by atoms with van der Waals surface area (Å²) >= 11 is 0. The average molecular weight is 460 g/mol. The third-order valence-electron chi connectivity index (χ3n) is 4.54. The highest BCUT2D eigenvalue weighted by atomic mass is 127. The molecule has 0 bridgehead atoms. The third-order valence-corrected chi connectivity index (χ3v) is 5.84. The Labute approximate surface area is 159 Å². The zero-order valence-electron chi connectivity index (χ0n) is 14.8. The van der Waals surface area contributed by atoms with Crippen LogP contribution in [0.3, 0.4) is 0 Å². The van der Waals surface area contributed by atoms with Gasteiger partial charge < -0.3 is 10.6 Å². The lowest BCUT2D eigenvalue weighted by atomic mass is 9.98. The second-order valence-corrected chi connectivity index (χ2v) is 8.10. The van der Waals surface area contributed by atoms with Crippen molar-refractivity contribution in [2.45, 2.75) is 39.5 Å². The molecule has 0 spiro atoms. The number of hydrogen-bond donors (Lipinski definition) is 2. The summed E-state index contributed by atoms with van der Waals surface area (Å²) < 4.78 is 24.6. The Morgan fingerprint density at radius 2 is 1.78 bits per heavy atom. The number of hydrogen-bond acceptors (Lipinski definition) is 3. The summed E-state index contributed by atoms with van der Waals surface area (Å²) in [5, 5.41) is 6.74. The molecule has 0 aliphatic carbocycles. The molecule has 0 unspecified atom stereocenters. The molecule has 1 rings (SSSR count). The smallest absolute Gasteiger partial charge is 0.211 e. The van der Waals surface area contributed by atoms with Gasteiger partial charge >= 0.3 is 0 Å². The van der Waals surface area contributed by atoms with Crippen LogP contribution < -0.4 is 10.6 Å². The van der Waals surface area contributed by atoms with Crippen molar-refractivity contribution in [3.63, 3.8) is 0 Å². The van der Waals surface area contributed by atoms with Crippen LogP contribution in [0, 0.1) is 11.8 Å². The second-order valence-electron chi connectivity index (χ2n) is 6.12. The van der Waals surface area contributed by atoms with Crippen LogP contribution in [0.2, 0.25) is 0 Å². The molecule has 0 radical (unpaired) electrons. The average Bonchev–Trinajstić information content (AvgIpc) is 2.50. The summed E-state index contributed by atoms with van der Waals surface area (Å²) in [6, 6.07) is 0. The summed E-state index contributed by atoms with van der Waals surface area (Å²) in [4.78, 5) is 4.26. The highest BCUT2D eigenvalue weighted by Crippen LogP contribution is 2.18. The molecule has 2 N–H and O–H groups in total. The molecule has 1 saturated heterocycles. The van der Waals surface area contributed by atoms with Gasteiger partial charge in [-0.2, -0.15) is 0 Å². The number of aliphatic imine (C=N–C) groups is 1. The minimum atomic E-state index is -3.03. The molecule has 1 fully saturated rings. The fraction of sp³-hybridized carbons (Fsp3) is 0.933. The molecule has 23 heavy (non-hydrogen) atoms. The number of nitrogens with one attached hydrogen (secondary N) is 2. The van der Waals surface area contributed by atoms with Gasteiger partial charge in [0.25, 0.3) is 0 Å². The van der Waals surface area contributed by atoms with Crippen molar-refractivity contribution in [3.05, 3.63) is 0 Å². The zero-order chi connectivity index (χ0) is 16.6. The zero-order valence-corrected chi connectivity index (χ0v) is 18.0. The van der Waals surface area contributed by atoms with E-state index in [1.807, 2.05) is 0 Å². The van der Waals surface area contributed by atoms with Gasteiger partial charge in [0.2, 0.25) is 10.0 Å². The van der Waals surface area contributed by atoms with Crippen molar-refractivity contribution in [2.75, 3.05) is 39.5 Å². The first-order valence-corrected chi connectivity index (χ1v) is 10.1. The number of guanidine groups is 1. The van der Waals surface area contributed by atoms with Gasteiger partial charge in [-0.25, -0.2) is 12.7 Å². The van der Waals surface area contributed by atoms with Crippen molar-refractivity contribution < 1.29 is 8.42 Å². The van der Waals surface area contributed by atoms with Crippen LogP contribution in [0.1, 0.15) is 39.5 Å². The predicted molar refractivity (Wildman–Crippen MR) is 108 cm³/mol. The highest BCUT2D eigenvalue weighted by Gasteiger charge is 2.24. The number of rotatable bonds is 7. The SMILES string of the molecule is CCC(CC)CNC(=NC)NCC1CCN(S(C)(=O)=O)CC1.I. The Bertz CT molecular complexity index is 444. The molecule has 8 heteroatoms. The van der Waals surface area contributed by atoms with E-state index in [2.05, 4.69) is 29.5 Å². The van der Waals surface area contributed by atoms with Crippen molar-refractivity contribution in [1.29, 1.82) is 0 Å². The van der Waals surface area contributed by atoms with Gasteiger partial charge in [0, 0.05) is 33.2 Å². The number of piperidine rings is 1. The van der Waals surface area contributed by atoms with Gasteiger partial charge in [-0.3, -0.25) is 4.99 Å². The molecular weight excluding hydrogens is 427 g/mol. The van der Waals surface area contributed by atoms with Gasteiger partial charge in [0.05, 0.1) is 6.26 Å². The molecule has 1 heterocycles. The van der Waals surface area contributed by atoms with E-state index in [1.165, 1.54) is 19.1 Å². The van der Waals surface area contributed by atoms with Crippen LogP contribution in [0.4, 0.5) is 0 Å². The van der Waals surface area contributed by atoms with Crippen LogP contribution >= 0.6 is 24.0 Å². The molecule has 138 valence electrons. The van der Waals surface area contributed by atoms with E-state index in [0.717, 1.165) is 31.9 Å². The maximum atomic E-state index is 11.5. The van der Waals surface area contributed by atoms with E-state index in [1.54, 1.807) is 11.4 Å². The quantitative estimate of drug-likeness (QED) is 0.346. The van der Waals surface area contributed by atoms with Crippen LogP contribution in [0.25, 0.3) is 0 Å². The van der Waals surface area contributed by atoms with Gasteiger partial charge in [-0.05, 0) is 24.7 Å². The van der Waals surface area contributed by atoms with Gasteiger partial charge in [-0.15, -0.1) is 24.0 Å². The monoisotopic (exact) mass is 460 g/mol. The summed E-state index contributed by atoms with van der Waals surface area (Å²) in [5.74, 6) is 2.03. The van der Waals surface area contributed by atoms with Crippen molar-refractivity contribution in [1.82, 2.24) is 14.9 Å². The molecule has 0 saturated carbocycles. The predicted octanol–water partition coefficient (Wildman–Crippen LogP) is 1.88. The number of nitrogens with zero attached hydrogens (tertiary/aromatic N) is 2. The molecule has 0 aromatic carbocycles. The second kappa shape index (κ2) is 11.5. The summed E-state index contributed by atoms with van der Waals surface area (Å²) in [5.41, 5.74) is 0. The van der Waals surface area contributed by atoms with Gasteiger partial charge in [0.1, 0.15) is 0 Å². The lowest BCUT2D eigenvalue weighted by molar-refractivity contribution is 0.274. The lowest BCUT2D eigenvalue weighted by Crippen LogP contribution is -2.44. The summed E-state index contributed by atoms with van der Waals surface area (Å²) in [6.45, 7) is 7.47. The summed E-state index contributed by atoms with van der Waals surface area (Å²) in [7, 11) is -1.25. The highest BCUT2D eigenvalue weighted by molar-refractivity contribution is 14.0. The molecule has 1 aliphatic rings. The Balaban J connectivity index is 0.00000484. The Morgan fingerprint density at radius 3 is 2.22 bits per heavy atom. The largest absolute Gasteiger partial charge is 0.356 e. The topological polar surface area (TPSA) is 73.8 Å². The first-order chi connectivity index (χ1) is 10.4. The van der Waals surface area contributed by atoms with Crippen LogP contribution in [-0.4, -0.2) is 58.2 Å². The van der Waals surface area contributed by atoms with E-state index in [9.17, 15) is 8.42 Å². The molecule has 0 amide bonds. The summed E-state index contributed by atoms with van der Waals surface area (Å²) in [6.07, 6.45) is 5.44. The van der Waals surface area contributed by atoms with Crippen molar-refractivity contribution in [3.8, 4) is 0 Å². The number of halogens is 1. The fourth-order valence-corrected chi connectivity index (χ4v) is 3.60.